The van der Waals surface area contributed by atoms with Crippen molar-refractivity contribution in [2.45, 2.75) is 63.7 Å². The smallest absolute Gasteiger partial charge is 0.472 e. The van der Waals surface area contributed by atoms with E-state index in [-0.39, 0.29) is 31.5 Å². The summed E-state index contributed by atoms with van der Waals surface area (Å²) in [4.78, 5) is 33.2. The topological polar surface area (TPSA) is 164 Å². The predicted molar refractivity (Wildman–Crippen MR) is 122 cm³/mol. The number of hydrogen-bond donors (Lipinski definition) is 3. The normalized spacial score (nSPS) is 21.4. The summed E-state index contributed by atoms with van der Waals surface area (Å²) >= 11 is 0. The van der Waals surface area contributed by atoms with Crippen LogP contribution in [0.25, 0.3) is 0 Å². The molecule has 1 aromatic rings. The molecule has 12 heteroatoms. The standard InChI is InChI=1S/C22H34NO10P/c1-22(2,3)15-6-7-17(29-4)14(11-15)5-8-20(24)32-19-13-30-10-9-18(19)33-34(27,28)31-12-16(23)21(25)26/h6-7,11,16,18-19H,5,8-10,12-13,23H2,1-4H3,(H,25,26)(H,27,28)/t16-,18-,19-/m0/s1. The van der Waals surface area contributed by atoms with Gasteiger partial charge in [0.25, 0.3) is 0 Å². The molecule has 4 N–H and O–H groups in total. The molecule has 4 atom stereocenters. The first-order valence-corrected chi connectivity index (χ1v) is 12.4. The van der Waals surface area contributed by atoms with Gasteiger partial charge in [0.15, 0.2) is 6.10 Å². The lowest BCUT2D eigenvalue weighted by atomic mass is 9.85. The van der Waals surface area contributed by atoms with Crippen molar-refractivity contribution in [3.05, 3.63) is 29.3 Å². The van der Waals surface area contributed by atoms with Gasteiger partial charge in [0, 0.05) is 19.4 Å². The van der Waals surface area contributed by atoms with Crippen LogP contribution in [0.3, 0.4) is 0 Å². The first kappa shape index (κ1) is 28.2. The summed E-state index contributed by atoms with van der Waals surface area (Å²) in [6.45, 7) is 5.77. The summed E-state index contributed by atoms with van der Waals surface area (Å²) in [5.41, 5.74) is 7.17. The first-order chi connectivity index (χ1) is 15.8. The third-order valence-electron chi connectivity index (χ3n) is 5.27. The largest absolute Gasteiger partial charge is 0.496 e. The molecule has 1 aliphatic rings. The van der Waals surface area contributed by atoms with Gasteiger partial charge in [-0.2, -0.15) is 0 Å². The van der Waals surface area contributed by atoms with Crippen LogP contribution in [0.2, 0.25) is 0 Å². The van der Waals surface area contributed by atoms with Gasteiger partial charge >= 0.3 is 19.8 Å². The number of carboxylic acids is 1. The number of aliphatic carboxylic acids is 1. The Labute approximate surface area is 199 Å². The van der Waals surface area contributed by atoms with Crippen LogP contribution in [-0.4, -0.2) is 67.1 Å². The van der Waals surface area contributed by atoms with Crippen LogP contribution in [0.4, 0.5) is 0 Å². The van der Waals surface area contributed by atoms with Crippen LogP contribution in [0.15, 0.2) is 18.2 Å². The van der Waals surface area contributed by atoms with Gasteiger partial charge < -0.3 is 29.9 Å². The first-order valence-electron chi connectivity index (χ1n) is 10.9. The van der Waals surface area contributed by atoms with Crippen molar-refractivity contribution >= 4 is 19.8 Å². The van der Waals surface area contributed by atoms with E-state index in [1.165, 1.54) is 0 Å². The number of nitrogens with two attached hydrogens (primary N) is 1. The average Bonchev–Trinajstić information content (AvgIpc) is 2.76. The van der Waals surface area contributed by atoms with Crippen LogP contribution >= 0.6 is 7.82 Å². The molecule has 0 spiro atoms. The minimum absolute atomic E-state index is 0.0200. The minimum Gasteiger partial charge on any atom is -0.496 e. The molecule has 0 saturated carbocycles. The third kappa shape index (κ3) is 8.65. The number of carboxylic acid groups (broad SMARTS) is 1. The van der Waals surface area contributed by atoms with Gasteiger partial charge in [0.1, 0.15) is 17.9 Å². The lowest BCUT2D eigenvalue weighted by molar-refractivity contribution is -0.166. The SMILES string of the molecule is COc1ccc(C(C)(C)C)cc1CCC(=O)O[C@H]1COCC[C@@H]1OP(=O)(O)OC[C@H](N)C(=O)O. The van der Waals surface area contributed by atoms with Gasteiger partial charge in [-0.15, -0.1) is 0 Å². The zero-order chi connectivity index (χ0) is 25.5. The number of aryl methyl sites for hydroxylation is 1. The molecule has 0 aromatic heterocycles. The van der Waals surface area contributed by atoms with Gasteiger partial charge in [-0.05, 0) is 29.0 Å². The van der Waals surface area contributed by atoms with Crippen molar-refractivity contribution < 1.29 is 47.4 Å². The Morgan fingerprint density at radius 3 is 2.62 bits per heavy atom. The lowest BCUT2D eigenvalue weighted by Crippen LogP contribution is -2.42. The second-order valence-corrected chi connectivity index (χ2v) is 10.4. The van der Waals surface area contributed by atoms with Crippen molar-refractivity contribution in [3.8, 4) is 5.75 Å². The molecule has 1 aromatic carbocycles. The van der Waals surface area contributed by atoms with Gasteiger partial charge in [-0.1, -0.05) is 32.9 Å². The molecule has 1 fully saturated rings. The zero-order valence-electron chi connectivity index (χ0n) is 19.9. The Hall–Kier alpha value is -2.01. The molecular weight excluding hydrogens is 469 g/mol. The highest BCUT2D eigenvalue weighted by Crippen LogP contribution is 2.46. The molecule has 0 aliphatic carbocycles. The number of phosphoric ester groups is 1. The molecule has 1 unspecified atom stereocenters. The summed E-state index contributed by atoms with van der Waals surface area (Å²) in [5, 5.41) is 8.76. The molecule has 1 heterocycles. The van der Waals surface area contributed by atoms with Gasteiger partial charge in [0.05, 0.1) is 20.3 Å². The Bertz CT molecular complexity index is 900. The van der Waals surface area contributed by atoms with Crippen LogP contribution in [0, 0.1) is 0 Å². The second kappa shape index (κ2) is 12.1. The number of esters is 1. The predicted octanol–water partition coefficient (Wildman–Crippen LogP) is 2.17. The van der Waals surface area contributed by atoms with E-state index in [0.717, 1.165) is 11.1 Å². The fourth-order valence-electron chi connectivity index (χ4n) is 3.27. The van der Waals surface area contributed by atoms with Crippen molar-refractivity contribution in [3.63, 3.8) is 0 Å². The summed E-state index contributed by atoms with van der Waals surface area (Å²) in [5.74, 6) is -1.25. The maximum atomic E-state index is 12.5. The van der Waals surface area contributed by atoms with Crippen LogP contribution in [-0.2, 0) is 44.5 Å². The molecule has 11 nitrogen and oxygen atoms in total. The number of phosphoric acid groups is 1. The number of carbonyl (C=O) groups excluding carboxylic acids is 1. The number of methoxy groups -OCH3 is 1. The minimum atomic E-state index is -4.64. The zero-order valence-corrected chi connectivity index (χ0v) is 20.8. The fourth-order valence-corrected chi connectivity index (χ4v) is 4.27. The molecule has 2 rings (SSSR count). The molecular formula is C22H34NO10P. The lowest BCUT2D eigenvalue weighted by Gasteiger charge is -2.31. The Balaban J connectivity index is 1.97. The van der Waals surface area contributed by atoms with E-state index in [9.17, 15) is 19.0 Å². The van der Waals surface area contributed by atoms with E-state index in [2.05, 4.69) is 25.3 Å². The van der Waals surface area contributed by atoms with Gasteiger partial charge in [-0.3, -0.25) is 18.6 Å². The van der Waals surface area contributed by atoms with E-state index >= 15 is 0 Å². The van der Waals surface area contributed by atoms with Crippen LogP contribution in [0.1, 0.15) is 44.7 Å². The molecule has 0 bridgehead atoms. The molecule has 0 amide bonds. The van der Waals surface area contributed by atoms with Gasteiger partial charge in [-0.25, -0.2) is 4.57 Å². The summed E-state index contributed by atoms with van der Waals surface area (Å²) < 4.78 is 38.2. The van der Waals surface area contributed by atoms with E-state index in [1.54, 1.807) is 7.11 Å². The van der Waals surface area contributed by atoms with Crippen molar-refractivity contribution in [1.29, 1.82) is 0 Å². The van der Waals surface area contributed by atoms with Crippen LogP contribution in [0.5, 0.6) is 5.75 Å². The number of hydrogen-bond acceptors (Lipinski definition) is 9. The second-order valence-electron chi connectivity index (χ2n) is 9.02. The average molecular weight is 503 g/mol. The quantitative estimate of drug-likeness (QED) is 0.299. The highest BCUT2D eigenvalue weighted by molar-refractivity contribution is 7.47. The summed E-state index contributed by atoms with van der Waals surface area (Å²) in [6.07, 6.45) is -1.29. The van der Waals surface area contributed by atoms with Gasteiger partial charge in [0.2, 0.25) is 0 Å². The molecule has 192 valence electrons. The van der Waals surface area contributed by atoms with E-state index in [4.69, 9.17) is 29.6 Å². The summed E-state index contributed by atoms with van der Waals surface area (Å²) in [6, 6.07) is 4.37. The highest BCUT2D eigenvalue weighted by atomic mass is 31.2. The molecule has 1 saturated heterocycles. The Morgan fingerprint density at radius 2 is 2.00 bits per heavy atom. The monoisotopic (exact) mass is 503 g/mol. The highest BCUT2D eigenvalue weighted by Gasteiger charge is 2.37. The fraction of sp³-hybridized carbons (Fsp3) is 0.636. The van der Waals surface area contributed by atoms with Crippen molar-refractivity contribution in [1.82, 2.24) is 0 Å². The van der Waals surface area contributed by atoms with Crippen molar-refractivity contribution in [2.24, 2.45) is 5.73 Å². The Kier molecular flexibility index (Phi) is 10.0. The third-order valence-corrected chi connectivity index (χ3v) is 6.29. The Morgan fingerprint density at radius 1 is 1.29 bits per heavy atom. The van der Waals surface area contributed by atoms with Crippen molar-refractivity contribution in [2.75, 3.05) is 26.9 Å². The molecule has 0 radical (unpaired) electrons. The van der Waals surface area contributed by atoms with Crippen LogP contribution < -0.4 is 10.5 Å². The number of ether oxygens (including phenoxy) is 3. The van der Waals surface area contributed by atoms with E-state index in [1.807, 2.05) is 18.2 Å². The molecule has 34 heavy (non-hydrogen) atoms. The summed E-state index contributed by atoms with van der Waals surface area (Å²) in [7, 11) is -3.07. The maximum absolute atomic E-state index is 12.5. The molecule has 1 aliphatic heterocycles. The maximum Gasteiger partial charge on any atom is 0.472 e. The van der Waals surface area contributed by atoms with E-state index < -0.39 is 44.6 Å². The number of benzene rings is 1. The number of carbonyl (C=O) groups is 2. The van der Waals surface area contributed by atoms with E-state index in [0.29, 0.717) is 12.2 Å². The number of rotatable bonds is 11.